The van der Waals surface area contributed by atoms with Gasteiger partial charge in [-0.1, -0.05) is 0 Å². The second-order valence-corrected chi connectivity index (χ2v) is 8.74. The first-order chi connectivity index (χ1) is 14.9. The van der Waals surface area contributed by atoms with Gasteiger partial charge in [0.05, 0.1) is 24.9 Å². The summed E-state index contributed by atoms with van der Waals surface area (Å²) in [5.74, 6) is -0.835. The van der Waals surface area contributed by atoms with E-state index in [1.54, 1.807) is 18.2 Å². The molecule has 0 saturated heterocycles. The predicted molar refractivity (Wildman–Crippen MR) is 111 cm³/mol. The number of esters is 1. The highest BCUT2D eigenvalue weighted by Crippen LogP contribution is 2.34. The van der Waals surface area contributed by atoms with E-state index in [1.165, 1.54) is 27.0 Å². The van der Waals surface area contributed by atoms with E-state index in [9.17, 15) is 35.1 Å². The fraction of sp³-hybridized carbons (Fsp3) is 0.545. The number of aliphatic hydroxyl groups excluding tert-OH is 3. The summed E-state index contributed by atoms with van der Waals surface area (Å²) in [6, 6.07) is 6.15. The molecule has 0 spiro atoms. The van der Waals surface area contributed by atoms with Crippen LogP contribution in [0, 0.1) is 0 Å². The summed E-state index contributed by atoms with van der Waals surface area (Å²) < 4.78 is 16.1. The Bertz CT molecular complexity index is 1030. The number of methoxy groups -OCH3 is 1. The summed E-state index contributed by atoms with van der Waals surface area (Å²) >= 11 is 0. The summed E-state index contributed by atoms with van der Waals surface area (Å²) in [6.45, 7) is 2.80. The fourth-order valence-corrected chi connectivity index (χ4v) is 3.86. The quantitative estimate of drug-likeness (QED) is 0.288. The Labute approximate surface area is 183 Å². The number of hydrogen-bond acceptors (Lipinski definition) is 10. The molecule has 3 rings (SSSR count). The number of aliphatic hydroxyl groups is 5. The molecule has 0 amide bonds. The zero-order valence-electron chi connectivity index (χ0n) is 18.0. The molecule has 1 aromatic heterocycles. The molecule has 1 fully saturated rings. The molecule has 2 aromatic rings. The Morgan fingerprint density at radius 3 is 2.34 bits per heavy atom. The van der Waals surface area contributed by atoms with Crippen molar-refractivity contribution in [3.8, 4) is 5.75 Å². The molecule has 10 nitrogen and oxygen atoms in total. The van der Waals surface area contributed by atoms with E-state index >= 15 is 0 Å². The fourth-order valence-electron chi connectivity index (χ4n) is 3.86. The smallest absolute Gasteiger partial charge is 0.338 e. The van der Waals surface area contributed by atoms with Gasteiger partial charge in [0.25, 0.3) is 0 Å². The highest BCUT2D eigenvalue weighted by molar-refractivity contribution is 5.82. The molecule has 1 aliphatic carbocycles. The van der Waals surface area contributed by atoms with Crippen molar-refractivity contribution in [2.75, 3.05) is 7.11 Å². The minimum atomic E-state index is -2.27. The molecule has 0 radical (unpaired) electrons. The lowest BCUT2D eigenvalue weighted by molar-refractivity contribution is -0.204. The van der Waals surface area contributed by atoms with Crippen molar-refractivity contribution < 1.29 is 44.2 Å². The first-order valence-corrected chi connectivity index (χ1v) is 10.2. The van der Waals surface area contributed by atoms with Crippen molar-refractivity contribution in [2.45, 2.75) is 68.7 Å². The van der Waals surface area contributed by atoms with Crippen molar-refractivity contribution in [3.05, 3.63) is 40.2 Å². The van der Waals surface area contributed by atoms with E-state index in [4.69, 9.17) is 13.9 Å². The third-order valence-corrected chi connectivity index (χ3v) is 5.76. The highest BCUT2D eigenvalue weighted by Gasteiger charge is 2.50. The van der Waals surface area contributed by atoms with Crippen LogP contribution in [-0.4, -0.2) is 74.2 Å². The summed E-state index contributed by atoms with van der Waals surface area (Å²) in [5.41, 5.74) is -3.89. The number of ether oxygens (including phenoxy) is 2. The second-order valence-electron chi connectivity index (χ2n) is 8.74. The molecule has 0 aliphatic heterocycles. The van der Waals surface area contributed by atoms with Gasteiger partial charge in [-0.25, -0.2) is 9.59 Å². The topological polar surface area (TPSA) is 167 Å². The van der Waals surface area contributed by atoms with Crippen LogP contribution in [0.1, 0.15) is 32.3 Å². The van der Waals surface area contributed by atoms with Crippen molar-refractivity contribution in [2.24, 2.45) is 0 Å². The van der Waals surface area contributed by atoms with Crippen LogP contribution in [0.4, 0.5) is 0 Å². The average molecular weight is 452 g/mol. The molecule has 1 aromatic carbocycles. The van der Waals surface area contributed by atoms with Crippen LogP contribution in [0.5, 0.6) is 5.75 Å². The molecule has 5 atom stereocenters. The zero-order chi connectivity index (χ0) is 23.8. The minimum absolute atomic E-state index is 0.132. The Hall–Kier alpha value is -2.50. The maximum absolute atomic E-state index is 12.8. The van der Waals surface area contributed by atoms with Crippen molar-refractivity contribution in [3.63, 3.8) is 0 Å². The van der Waals surface area contributed by atoms with Crippen LogP contribution < -0.4 is 10.4 Å². The molecule has 1 aliphatic rings. The summed E-state index contributed by atoms with van der Waals surface area (Å²) in [7, 11) is 1.41. The van der Waals surface area contributed by atoms with E-state index in [-0.39, 0.29) is 12.0 Å². The number of hydrogen-bond donors (Lipinski definition) is 5. The lowest BCUT2D eigenvalue weighted by Crippen LogP contribution is -2.57. The second kappa shape index (κ2) is 8.80. The lowest BCUT2D eigenvalue weighted by atomic mass is 9.79. The Balaban J connectivity index is 1.95. The predicted octanol–water partition coefficient (Wildman–Crippen LogP) is -0.366. The van der Waals surface area contributed by atoms with Crippen LogP contribution in [0.3, 0.4) is 0 Å². The monoisotopic (exact) mass is 452 g/mol. The Morgan fingerprint density at radius 2 is 1.78 bits per heavy atom. The SMILES string of the molecule is COc1ccc2ccc(=O)oc2c1C[C@H](OC(=O)C1(O)C[C@@H](O)C(O)[C@@H](O)C1)C(C)(C)O. The summed E-state index contributed by atoms with van der Waals surface area (Å²) in [6.07, 6.45) is -7.04. The molecule has 2 unspecified atom stereocenters. The maximum Gasteiger partial charge on any atom is 0.338 e. The van der Waals surface area contributed by atoms with Gasteiger partial charge in [-0.2, -0.15) is 0 Å². The first kappa shape index (κ1) is 24.1. The van der Waals surface area contributed by atoms with Crippen LogP contribution in [0.15, 0.2) is 33.5 Å². The van der Waals surface area contributed by atoms with Gasteiger partial charge in [-0.05, 0) is 32.0 Å². The third kappa shape index (κ3) is 4.79. The highest BCUT2D eigenvalue weighted by atomic mass is 16.6. The van der Waals surface area contributed by atoms with Gasteiger partial charge in [0.15, 0.2) is 5.60 Å². The van der Waals surface area contributed by atoms with Gasteiger partial charge in [-0.15, -0.1) is 0 Å². The maximum atomic E-state index is 12.8. The molecule has 176 valence electrons. The van der Waals surface area contributed by atoms with Crippen molar-refractivity contribution in [1.29, 1.82) is 0 Å². The van der Waals surface area contributed by atoms with E-state index in [0.29, 0.717) is 16.7 Å². The molecule has 10 heteroatoms. The average Bonchev–Trinajstić information content (AvgIpc) is 2.70. The van der Waals surface area contributed by atoms with Gasteiger partial charge in [0.1, 0.15) is 23.5 Å². The molecular weight excluding hydrogens is 424 g/mol. The van der Waals surface area contributed by atoms with Crippen LogP contribution in [0.2, 0.25) is 0 Å². The van der Waals surface area contributed by atoms with E-state index in [2.05, 4.69) is 0 Å². The van der Waals surface area contributed by atoms with Gasteiger partial charge in [0.2, 0.25) is 0 Å². The van der Waals surface area contributed by atoms with E-state index in [0.717, 1.165) is 0 Å². The zero-order valence-corrected chi connectivity index (χ0v) is 18.0. The molecule has 5 N–H and O–H groups in total. The van der Waals surface area contributed by atoms with E-state index in [1.807, 2.05) is 0 Å². The number of fused-ring (bicyclic) bond motifs is 1. The van der Waals surface area contributed by atoms with Gasteiger partial charge < -0.3 is 39.4 Å². The number of carbonyl (C=O) groups is 1. The standard InChI is InChI=1S/C22H28O10/c1-21(2,28)16(31-20(27)22(29)9-13(23)18(26)14(24)10-22)8-12-15(30-3)6-4-11-5-7-17(25)32-19(11)12/h4-7,13-14,16,18,23-24,26,28-29H,8-10H2,1-3H3/t13-,14+,16-,18?,22?/m0/s1. The molecular formula is C22H28O10. The first-order valence-electron chi connectivity index (χ1n) is 10.2. The molecule has 0 bridgehead atoms. The van der Waals surface area contributed by atoms with E-state index < -0.39 is 60.1 Å². The van der Waals surface area contributed by atoms with Crippen LogP contribution in [-0.2, 0) is 16.0 Å². The number of carbonyl (C=O) groups excluding carboxylic acids is 1. The minimum Gasteiger partial charge on any atom is -0.496 e. The molecule has 1 saturated carbocycles. The van der Waals surface area contributed by atoms with Crippen molar-refractivity contribution in [1.82, 2.24) is 0 Å². The lowest BCUT2D eigenvalue weighted by Gasteiger charge is -2.40. The Morgan fingerprint density at radius 1 is 1.19 bits per heavy atom. The normalized spacial score (nSPS) is 27.2. The van der Waals surface area contributed by atoms with Gasteiger partial charge >= 0.3 is 11.6 Å². The van der Waals surface area contributed by atoms with Crippen molar-refractivity contribution >= 4 is 16.9 Å². The van der Waals surface area contributed by atoms with Gasteiger partial charge in [-0.3, -0.25) is 0 Å². The molecule has 1 heterocycles. The Kier molecular flexibility index (Phi) is 6.64. The third-order valence-electron chi connectivity index (χ3n) is 5.76. The number of benzene rings is 1. The number of rotatable bonds is 6. The summed E-state index contributed by atoms with van der Waals surface area (Å²) in [5, 5.41) is 51.5. The van der Waals surface area contributed by atoms with Crippen LogP contribution >= 0.6 is 0 Å². The molecule has 32 heavy (non-hydrogen) atoms. The van der Waals surface area contributed by atoms with Crippen LogP contribution in [0.25, 0.3) is 11.0 Å². The largest absolute Gasteiger partial charge is 0.496 e. The van der Waals surface area contributed by atoms with Gasteiger partial charge in [0, 0.05) is 36.3 Å². The summed E-state index contributed by atoms with van der Waals surface area (Å²) in [4.78, 5) is 24.6.